The average Bonchev–Trinajstić information content (AvgIpc) is 2.78. The number of phosphoric ester groups is 1. The number of hydrogen-bond acceptors (Lipinski definition) is 16. The number of nitrogens with zero attached hydrogens (tertiary/aromatic N) is 2. The zero-order chi connectivity index (χ0) is 22.2. The van der Waals surface area contributed by atoms with E-state index in [4.69, 9.17) is 4.74 Å². The van der Waals surface area contributed by atoms with Gasteiger partial charge in [-0.1, -0.05) is 0 Å². The first-order valence-corrected chi connectivity index (χ1v) is 11.4. The molecule has 6 atom stereocenters. The van der Waals surface area contributed by atoms with Crippen LogP contribution in [-0.2, 0) is 31.6 Å². The number of nitrogens with one attached hydrogen (secondary N) is 1. The molecule has 6 unspecified atom stereocenters. The van der Waals surface area contributed by atoms with E-state index in [1.165, 1.54) is 0 Å². The summed E-state index contributed by atoms with van der Waals surface area (Å²) in [6.07, 6.45) is -6.51. The van der Waals surface area contributed by atoms with Crippen molar-refractivity contribution in [3.05, 3.63) is 27.0 Å². The smallest absolute Gasteiger partial charge is 0.790 e. The Morgan fingerprint density at radius 3 is 2.03 bits per heavy atom. The number of aromatic nitrogens is 3. The SMILES string of the molecule is O=c1cnn(C2OC(COP(=O)([O-])OP(=O)([O-])OP(=O)([O-])[O-])C(O)C2O)c(=O)[nH]1.[Li+].[Li+].[Li+].[Li+]. The molecular formula is C8H10Li4N3O15P3. The molecule has 1 fully saturated rings. The van der Waals surface area contributed by atoms with Gasteiger partial charge in [-0.25, -0.2) is 9.11 Å². The fourth-order valence-electron chi connectivity index (χ4n) is 2.06. The van der Waals surface area contributed by atoms with Crippen LogP contribution in [0.2, 0.25) is 0 Å². The monoisotopic (exact) mass is 509 g/mol. The Bertz CT molecular complexity index is 1020. The number of aliphatic hydroxyl groups is 2. The molecule has 33 heavy (non-hydrogen) atoms. The molecule has 1 aliphatic rings. The van der Waals surface area contributed by atoms with Crippen molar-refractivity contribution < 1.29 is 137 Å². The second kappa shape index (κ2) is 14.9. The topological polar surface area (TPSA) is 289 Å². The number of ether oxygens (including phenoxy) is 1. The molecule has 2 rings (SSSR count). The fraction of sp³-hybridized carbons (Fsp3) is 0.625. The Morgan fingerprint density at radius 1 is 1.00 bits per heavy atom. The summed E-state index contributed by atoms with van der Waals surface area (Å²) in [6, 6.07) is 0. The quantitative estimate of drug-likeness (QED) is 0.217. The van der Waals surface area contributed by atoms with Crippen LogP contribution < -0.4 is 106 Å². The molecule has 0 aliphatic carbocycles. The number of phosphoric acid groups is 3. The first-order chi connectivity index (χ1) is 13.1. The Morgan fingerprint density at radius 2 is 1.55 bits per heavy atom. The second-order valence-electron chi connectivity index (χ2n) is 5.23. The summed E-state index contributed by atoms with van der Waals surface area (Å²) in [5, 5.41) is 23.1. The molecule has 0 spiro atoms. The Hall–Kier alpha value is 1.29. The third-order valence-corrected chi connectivity index (χ3v) is 6.78. The summed E-state index contributed by atoms with van der Waals surface area (Å²) in [7, 11) is -18.2. The maximum Gasteiger partial charge on any atom is 1.00 e. The summed E-state index contributed by atoms with van der Waals surface area (Å²) in [5.41, 5.74) is -2.02. The Kier molecular flexibility index (Phi) is 17.5. The largest absolute Gasteiger partial charge is 1.00 e. The van der Waals surface area contributed by atoms with E-state index in [1.807, 2.05) is 0 Å². The number of H-pyrrole nitrogens is 1. The third kappa shape index (κ3) is 11.9. The Labute approximate surface area is 231 Å². The summed E-state index contributed by atoms with van der Waals surface area (Å²) < 4.78 is 48.5. The molecule has 18 nitrogen and oxygen atoms in total. The molecular weight excluding hydrogens is 499 g/mol. The van der Waals surface area contributed by atoms with Gasteiger partial charge in [-0.15, -0.1) is 0 Å². The first kappa shape index (κ1) is 38.8. The summed E-state index contributed by atoms with van der Waals surface area (Å²) in [5.74, 6) is 0. The van der Waals surface area contributed by atoms with E-state index in [9.17, 15) is 53.1 Å². The van der Waals surface area contributed by atoms with Crippen molar-refractivity contribution in [3.8, 4) is 0 Å². The molecule has 1 aliphatic heterocycles. The van der Waals surface area contributed by atoms with Crippen LogP contribution in [0.15, 0.2) is 15.8 Å². The summed E-state index contributed by atoms with van der Waals surface area (Å²) >= 11 is 0. The molecule has 1 aromatic heterocycles. The van der Waals surface area contributed by atoms with Crippen LogP contribution in [0.5, 0.6) is 0 Å². The molecule has 166 valence electrons. The molecule has 25 heteroatoms. The van der Waals surface area contributed by atoms with Crippen molar-refractivity contribution >= 4 is 23.5 Å². The van der Waals surface area contributed by atoms with Gasteiger partial charge in [0.2, 0.25) is 0 Å². The van der Waals surface area contributed by atoms with Crippen molar-refractivity contribution in [1.82, 2.24) is 14.8 Å². The number of aromatic amines is 1. The van der Waals surface area contributed by atoms with Crippen LogP contribution in [0.3, 0.4) is 0 Å². The minimum atomic E-state index is -6.18. The van der Waals surface area contributed by atoms with Gasteiger partial charge in [-0.3, -0.25) is 23.2 Å². The van der Waals surface area contributed by atoms with E-state index >= 15 is 0 Å². The Balaban J connectivity index is -0.00000225. The van der Waals surface area contributed by atoms with Gasteiger partial charge in [0, 0.05) is 0 Å². The molecule has 3 N–H and O–H groups in total. The molecule has 0 amide bonds. The van der Waals surface area contributed by atoms with Gasteiger partial charge in [-0.2, -0.15) is 9.78 Å². The zero-order valence-corrected chi connectivity index (χ0v) is 20.2. The third-order valence-electron chi connectivity index (χ3n) is 3.11. The molecule has 1 saturated heterocycles. The van der Waals surface area contributed by atoms with Crippen molar-refractivity contribution in [1.29, 1.82) is 0 Å². The predicted molar refractivity (Wildman–Crippen MR) is 76.0 cm³/mol. The van der Waals surface area contributed by atoms with E-state index in [0.717, 1.165) is 0 Å². The van der Waals surface area contributed by atoms with Crippen LogP contribution in [0.4, 0.5) is 0 Å². The van der Waals surface area contributed by atoms with Crippen molar-refractivity contribution in [2.24, 2.45) is 0 Å². The summed E-state index contributed by atoms with van der Waals surface area (Å²) in [6.45, 7) is -1.19. The van der Waals surface area contributed by atoms with Crippen molar-refractivity contribution in [2.75, 3.05) is 6.61 Å². The minimum absolute atomic E-state index is 0. The molecule has 1 aromatic rings. The standard InChI is InChI=1S/C8H14N3O15P3.4Li/c12-4-1-9-11(8(15)10-4)7-6(14)5(13)3(24-7)2-23-28(19,20)26-29(21,22)25-27(16,17)18;;;;/h1,3,5-7,13-14H,2H2,(H,19,20)(H,21,22)(H,10,12,15)(H2,16,17,18);;;;/q;4*+1/p-4. The fourth-order valence-corrected chi connectivity index (χ4v) is 4.93. The second-order valence-corrected chi connectivity index (χ2v) is 9.48. The van der Waals surface area contributed by atoms with Gasteiger partial charge < -0.3 is 43.6 Å². The van der Waals surface area contributed by atoms with Gasteiger partial charge >= 0.3 is 81.1 Å². The number of rotatable bonds is 8. The van der Waals surface area contributed by atoms with Crippen LogP contribution in [0.25, 0.3) is 0 Å². The minimum Gasteiger partial charge on any atom is -0.790 e. The normalized spacial score (nSPS) is 25.8. The molecule has 0 bridgehead atoms. The van der Waals surface area contributed by atoms with E-state index in [0.29, 0.717) is 10.9 Å². The first-order valence-electron chi connectivity index (χ1n) is 7.01. The molecule has 2 heterocycles. The van der Waals surface area contributed by atoms with Crippen molar-refractivity contribution in [2.45, 2.75) is 24.5 Å². The molecule has 0 radical (unpaired) electrons. The summed E-state index contributed by atoms with van der Waals surface area (Å²) in [4.78, 5) is 67.4. The van der Waals surface area contributed by atoms with Gasteiger partial charge in [0.05, 0.1) is 14.4 Å². The van der Waals surface area contributed by atoms with Gasteiger partial charge in [0.15, 0.2) is 6.23 Å². The molecule has 0 saturated carbocycles. The van der Waals surface area contributed by atoms with Crippen LogP contribution in [0.1, 0.15) is 6.23 Å². The van der Waals surface area contributed by atoms with Crippen molar-refractivity contribution in [3.63, 3.8) is 0 Å². The van der Waals surface area contributed by atoms with Crippen LogP contribution >= 0.6 is 23.5 Å². The van der Waals surface area contributed by atoms with E-state index < -0.39 is 65.9 Å². The number of aliphatic hydroxyl groups excluding tert-OH is 2. The van der Waals surface area contributed by atoms with Gasteiger partial charge in [0.1, 0.15) is 24.5 Å². The zero-order valence-electron chi connectivity index (χ0n) is 17.5. The van der Waals surface area contributed by atoms with Crippen LogP contribution in [-0.4, -0.2) is 49.9 Å². The van der Waals surface area contributed by atoms with E-state index in [-0.39, 0.29) is 75.4 Å². The van der Waals surface area contributed by atoms with E-state index in [1.54, 1.807) is 4.98 Å². The maximum absolute atomic E-state index is 11.6. The van der Waals surface area contributed by atoms with Gasteiger partial charge in [-0.05, 0) is 0 Å². The molecule has 0 aromatic carbocycles. The van der Waals surface area contributed by atoms with Gasteiger partial charge in [0.25, 0.3) is 21.2 Å². The number of hydrogen-bond donors (Lipinski definition) is 3. The predicted octanol–water partition coefficient (Wildman–Crippen LogP) is -17.6. The van der Waals surface area contributed by atoms with E-state index in [2.05, 4.69) is 18.2 Å². The maximum atomic E-state index is 11.6. The average molecular weight is 509 g/mol. The van der Waals surface area contributed by atoms with Crippen LogP contribution in [0, 0.1) is 0 Å².